The molecule has 0 radical (unpaired) electrons. The van der Waals surface area contributed by atoms with Crippen LogP contribution in [-0.2, 0) is 22.4 Å². The lowest BCUT2D eigenvalue weighted by atomic mass is 10.1. The minimum atomic E-state index is -1.05. The summed E-state index contributed by atoms with van der Waals surface area (Å²) in [5.41, 5.74) is 9.54. The molecule has 11 heteroatoms. The molecule has 0 saturated heterocycles. The highest BCUT2D eigenvalue weighted by atomic mass is 32.1. The van der Waals surface area contributed by atoms with E-state index in [1.165, 1.54) is 11.3 Å². The van der Waals surface area contributed by atoms with Crippen molar-refractivity contribution in [1.29, 1.82) is 0 Å². The van der Waals surface area contributed by atoms with E-state index in [-0.39, 0.29) is 24.8 Å². The van der Waals surface area contributed by atoms with Gasteiger partial charge < -0.3 is 31.9 Å². The Bertz CT molecular complexity index is 1380. The van der Waals surface area contributed by atoms with Crippen LogP contribution in [0.2, 0.25) is 0 Å². The number of amides is 2. The molecule has 0 spiro atoms. The van der Waals surface area contributed by atoms with Crippen molar-refractivity contribution in [1.82, 2.24) is 15.6 Å². The Labute approximate surface area is 242 Å². The second-order valence-electron chi connectivity index (χ2n) is 8.92. The summed E-state index contributed by atoms with van der Waals surface area (Å²) in [5.74, 6) is -1.54. The number of anilines is 2. The Balaban J connectivity index is 0.000000298. The molecule has 0 unspecified atom stereocenters. The van der Waals surface area contributed by atoms with Crippen LogP contribution in [0.25, 0.3) is 0 Å². The van der Waals surface area contributed by atoms with Crippen LogP contribution in [0.15, 0.2) is 90.3 Å². The second-order valence-corrected chi connectivity index (χ2v) is 9.81. The minimum absolute atomic E-state index is 0.116. The number of nitrogen functional groups attached to an aromatic ring is 1. The third-order valence-electron chi connectivity index (χ3n) is 5.70. The molecule has 0 bridgehead atoms. The molecule has 0 aliphatic carbocycles. The third kappa shape index (κ3) is 11.6. The van der Waals surface area contributed by atoms with Crippen LogP contribution in [0.1, 0.15) is 33.3 Å². The van der Waals surface area contributed by atoms with Gasteiger partial charge in [0.05, 0.1) is 18.2 Å². The van der Waals surface area contributed by atoms with Gasteiger partial charge in [-0.05, 0) is 48.4 Å². The molecule has 0 aliphatic heterocycles. The summed E-state index contributed by atoms with van der Waals surface area (Å²) in [6.07, 6.45) is 0.545. The van der Waals surface area contributed by atoms with Gasteiger partial charge in [-0.3, -0.25) is 14.4 Å². The van der Waals surface area contributed by atoms with Gasteiger partial charge in [-0.1, -0.05) is 60.7 Å². The fourth-order valence-corrected chi connectivity index (χ4v) is 4.20. The highest BCUT2D eigenvalue weighted by Crippen LogP contribution is 2.14. The van der Waals surface area contributed by atoms with Gasteiger partial charge in [-0.25, -0.2) is 4.98 Å². The Hall–Kier alpha value is -4.58. The number of aliphatic carboxylic acids is 1. The number of rotatable bonds is 12. The van der Waals surface area contributed by atoms with Gasteiger partial charge >= 0.3 is 5.97 Å². The molecule has 7 N–H and O–H groups in total. The highest BCUT2D eigenvalue weighted by molar-refractivity contribution is 7.13. The van der Waals surface area contributed by atoms with Gasteiger partial charge in [0.1, 0.15) is 6.54 Å². The van der Waals surface area contributed by atoms with Crippen LogP contribution < -0.4 is 21.7 Å². The molecule has 4 rings (SSSR count). The molecular formula is C30H33N5O5S. The number of hydrogen-bond donors (Lipinski definition) is 6. The maximum Gasteiger partial charge on any atom is 0.322 e. The summed E-state index contributed by atoms with van der Waals surface area (Å²) in [6.45, 7) is 0.924. The molecule has 10 nitrogen and oxygen atoms in total. The molecular weight excluding hydrogens is 542 g/mol. The molecule has 214 valence electrons. The van der Waals surface area contributed by atoms with E-state index in [0.717, 1.165) is 29.8 Å². The second kappa shape index (κ2) is 16.5. The smallest absolute Gasteiger partial charge is 0.322 e. The SMILES string of the molecule is Nc1nc(CC(=O)Nc2ccc(CCNC[C@H](O)c3ccccc3)cc2)cs1.O=C(O)CNC(=O)c1ccccc1. The summed E-state index contributed by atoms with van der Waals surface area (Å²) < 4.78 is 0. The number of benzene rings is 3. The van der Waals surface area contributed by atoms with Crippen molar-refractivity contribution >= 4 is 39.9 Å². The lowest BCUT2D eigenvalue weighted by Crippen LogP contribution is -2.29. The average molecular weight is 576 g/mol. The number of nitrogens with one attached hydrogen (secondary N) is 3. The van der Waals surface area contributed by atoms with E-state index in [2.05, 4.69) is 20.9 Å². The minimum Gasteiger partial charge on any atom is -0.480 e. The Morgan fingerprint density at radius 2 is 1.59 bits per heavy atom. The zero-order valence-electron chi connectivity index (χ0n) is 22.3. The number of nitrogens with two attached hydrogens (primary N) is 1. The van der Waals surface area contributed by atoms with E-state index in [1.54, 1.807) is 35.7 Å². The monoisotopic (exact) mass is 575 g/mol. The van der Waals surface area contributed by atoms with E-state index < -0.39 is 12.1 Å². The molecule has 4 aromatic rings. The number of hydrogen-bond acceptors (Lipinski definition) is 8. The first-order valence-electron chi connectivity index (χ1n) is 12.9. The van der Waals surface area contributed by atoms with E-state index in [1.807, 2.05) is 54.6 Å². The summed E-state index contributed by atoms with van der Waals surface area (Å²) >= 11 is 1.33. The fourth-order valence-electron chi connectivity index (χ4n) is 3.64. The first-order chi connectivity index (χ1) is 19.8. The van der Waals surface area contributed by atoms with Crippen LogP contribution >= 0.6 is 11.3 Å². The zero-order valence-corrected chi connectivity index (χ0v) is 23.1. The maximum absolute atomic E-state index is 12.0. The highest BCUT2D eigenvalue weighted by Gasteiger charge is 2.08. The number of aromatic nitrogens is 1. The van der Waals surface area contributed by atoms with Gasteiger partial charge in [0, 0.05) is 23.2 Å². The van der Waals surface area contributed by atoms with Crippen molar-refractivity contribution in [2.45, 2.75) is 18.9 Å². The van der Waals surface area contributed by atoms with Crippen LogP contribution in [0, 0.1) is 0 Å². The first-order valence-corrected chi connectivity index (χ1v) is 13.8. The van der Waals surface area contributed by atoms with Crippen molar-refractivity contribution in [3.8, 4) is 0 Å². The Morgan fingerprint density at radius 1 is 0.927 bits per heavy atom. The zero-order chi connectivity index (χ0) is 29.5. The summed E-state index contributed by atoms with van der Waals surface area (Å²) in [4.78, 5) is 37.4. The summed E-state index contributed by atoms with van der Waals surface area (Å²) in [7, 11) is 0. The normalized spacial score (nSPS) is 11.0. The lowest BCUT2D eigenvalue weighted by Gasteiger charge is -2.12. The number of carboxylic acids is 1. The maximum atomic E-state index is 12.0. The molecule has 1 aromatic heterocycles. The van der Waals surface area contributed by atoms with Gasteiger partial charge in [0.25, 0.3) is 5.91 Å². The van der Waals surface area contributed by atoms with E-state index in [9.17, 15) is 19.5 Å². The third-order valence-corrected chi connectivity index (χ3v) is 6.42. The molecule has 1 heterocycles. The van der Waals surface area contributed by atoms with E-state index in [0.29, 0.717) is 22.9 Å². The number of carbonyl (C=O) groups is 3. The number of thiazole rings is 1. The van der Waals surface area contributed by atoms with Gasteiger partial charge in [0.2, 0.25) is 5.91 Å². The molecule has 2 amide bonds. The van der Waals surface area contributed by atoms with Crippen molar-refractivity contribution in [2.24, 2.45) is 0 Å². The van der Waals surface area contributed by atoms with Gasteiger partial charge in [-0.15, -0.1) is 11.3 Å². The van der Waals surface area contributed by atoms with E-state index >= 15 is 0 Å². The van der Waals surface area contributed by atoms with Crippen molar-refractivity contribution in [3.63, 3.8) is 0 Å². The molecule has 0 saturated carbocycles. The van der Waals surface area contributed by atoms with Gasteiger partial charge in [0.15, 0.2) is 5.13 Å². The van der Waals surface area contributed by atoms with Crippen molar-refractivity contribution in [2.75, 3.05) is 30.7 Å². The molecule has 41 heavy (non-hydrogen) atoms. The van der Waals surface area contributed by atoms with Crippen LogP contribution in [-0.4, -0.2) is 52.6 Å². The van der Waals surface area contributed by atoms with Crippen molar-refractivity contribution in [3.05, 3.63) is 113 Å². The molecule has 3 aromatic carbocycles. The number of carboxylic acid groups (broad SMARTS) is 1. The van der Waals surface area contributed by atoms with Gasteiger partial charge in [-0.2, -0.15) is 0 Å². The molecule has 0 fully saturated rings. The fraction of sp³-hybridized carbons (Fsp3) is 0.200. The summed E-state index contributed by atoms with van der Waals surface area (Å²) in [5, 5.41) is 29.1. The van der Waals surface area contributed by atoms with Crippen molar-refractivity contribution < 1.29 is 24.6 Å². The quantitative estimate of drug-likeness (QED) is 0.140. The number of nitrogens with zero attached hydrogens (tertiary/aromatic N) is 1. The number of aliphatic hydroxyl groups excluding tert-OH is 1. The topological polar surface area (TPSA) is 167 Å². The number of carbonyl (C=O) groups excluding carboxylic acids is 2. The predicted molar refractivity (Wildman–Crippen MR) is 160 cm³/mol. The van der Waals surface area contributed by atoms with Crippen LogP contribution in [0.5, 0.6) is 0 Å². The lowest BCUT2D eigenvalue weighted by molar-refractivity contribution is -0.135. The predicted octanol–water partition coefficient (Wildman–Crippen LogP) is 3.27. The summed E-state index contributed by atoms with van der Waals surface area (Å²) in [6, 6.07) is 25.8. The van der Waals surface area contributed by atoms with Crippen LogP contribution in [0.4, 0.5) is 10.8 Å². The first kappa shape index (κ1) is 31.0. The number of aliphatic hydroxyl groups is 1. The molecule has 1 atom stereocenters. The largest absolute Gasteiger partial charge is 0.480 e. The standard InChI is InChI=1S/C21H24N4O2S.C9H9NO3/c22-21-25-18(14-28-21)12-20(27)24-17-8-6-15(7-9-17)10-11-23-13-19(26)16-4-2-1-3-5-16;11-8(12)6-10-9(13)7-4-2-1-3-5-7/h1-9,14,19,23,26H,10-13H2,(H2,22,25)(H,24,27);1-5H,6H2,(H,10,13)(H,11,12)/t19-;/m0./s1. The Kier molecular flexibility index (Phi) is 12.5. The average Bonchev–Trinajstić information content (AvgIpc) is 3.39. The molecule has 0 aliphatic rings. The van der Waals surface area contributed by atoms with E-state index in [4.69, 9.17) is 10.8 Å². The van der Waals surface area contributed by atoms with Crippen LogP contribution in [0.3, 0.4) is 0 Å². The Morgan fingerprint density at radius 3 is 2.20 bits per heavy atom.